The molecule has 174 valence electrons. The highest BCUT2D eigenvalue weighted by atomic mass is 32.1. The van der Waals surface area contributed by atoms with Crippen molar-refractivity contribution in [3.63, 3.8) is 0 Å². The van der Waals surface area contributed by atoms with Crippen LogP contribution in [0.15, 0.2) is 72.0 Å². The number of nitrogens with zero attached hydrogens (tertiary/aromatic N) is 3. The number of benzene rings is 2. The molecule has 0 fully saturated rings. The fourth-order valence-corrected chi connectivity index (χ4v) is 4.40. The van der Waals surface area contributed by atoms with Crippen molar-refractivity contribution in [2.24, 2.45) is 0 Å². The van der Waals surface area contributed by atoms with E-state index >= 15 is 0 Å². The largest absolute Gasteiger partial charge is 0.503 e. The van der Waals surface area contributed by atoms with Gasteiger partial charge in [0.25, 0.3) is 5.91 Å². The van der Waals surface area contributed by atoms with Gasteiger partial charge in [0.1, 0.15) is 10.8 Å². The maximum absolute atomic E-state index is 13.3. The van der Waals surface area contributed by atoms with Crippen LogP contribution in [0.25, 0.3) is 6.08 Å². The third-order valence-electron chi connectivity index (χ3n) is 5.36. The Morgan fingerprint density at radius 3 is 2.68 bits per heavy atom. The fraction of sp³-hybridized carbons (Fsp3) is 0.231. The molecular formula is C26H25N3O4S. The lowest BCUT2D eigenvalue weighted by Crippen LogP contribution is -2.30. The van der Waals surface area contributed by atoms with E-state index in [1.165, 1.54) is 22.3 Å². The third-order valence-corrected chi connectivity index (χ3v) is 6.20. The number of unbranched alkanes of at least 4 members (excludes halogenated alkanes) is 1. The number of amides is 1. The second kappa shape index (κ2) is 10.4. The molecule has 34 heavy (non-hydrogen) atoms. The Morgan fingerprint density at radius 2 is 1.97 bits per heavy atom. The highest BCUT2D eigenvalue weighted by Crippen LogP contribution is 2.42. The summed E-state index contributed by atoms with van der Waals surface area (Å²) in [6, 6.07) is 15.7. The summed E-state index contributed by atoms with van der Waals surface area (Å²) in [6.45, 7) is 4.43. The van der Waals surface area contributed by atoms with E-state index in [1.54, 1.807) is 25.1 Å². The van der Waals surface area contributed by atoms with Crippen molar-refractivity contribution < 1.29 is 19.4 Å². The number of aliphatic hydroxyl groups is 1. The molecule has 1 aliphatic heterocycles. The molecule has 1 N–H and O–H groups in total. The van der Waals surface area contributed by atoms with Crippen molar-refractivity contribution in [1.82, 2.24) is 10.2 Å². The summed E-state index contributed by atoms with van der Waals surface area (Å²) in [5.41, 5.74) is 1.46. The number of anilines is 1. The molecule has 8 heteroatoms. The standard InChI is InChI=1S/C26H25N3O4S/c1-3-4-15-33-20-12-8-11-19(16-20)23-22(21(30)14-13-18-9-6-5-7-10-18)24(31)25(32)29(23)26-28-27-17(2)34-26/h5-14,16,23,31H,3-4,15H2,1-2H3. The third kappa shape index (κ3) is 4.92. The molecule has 4 rings (SSSR count). The molecule has 1 amide bonds. The van der Waals surface area contributed by atoms with E-state index in [9.17, 15) is 14.7 Å². The van der Waals surface area contributed by atoms with E-state index in [4.69, 9.17) is 4.74 Å². The maximum atomic E-state index is 13.3. The molecule has 0 saturated carbocycles. The summed E-state index contributed by atoms with van der Waals surface area (Å²) in [5, 5.41) is 19.9. The molecule has 1 unspecified atom stereocenters. The minimum Gasteiger partial charge on any atom is -0.503 e. The number of rotatable bonds is 9. The van der Waals surface area contributed by atoms with E-state index in [-0.39, 0.29) is 5.57 Å². The van der Waals surface area contributed by atoms with E-state index in [0.717, 1.165) is 18.4 Å². The summed E-state index contributed by atoms with van der Waals surface area (Å²) in [5.74, 6) is -1.10. The second-order valence-electron chi connectivity index (χ2n) is 7.83. The second-order valence-corrected chi connectivity index (χ2v) is 8.99. The van der Waals surface area contributed by atoms with Gasteiger partial charge in [-0.1, -0.05) is 73.2 Å². The molecule has 2 aromatic carbocycles. The number of allylic oxidation sites excluding steroid dienone is 1. The molecule has 1 atom stereocenters. The smallest absolute Gasteiger partial charge is 0.296 e. The zero-order valence-corrected chi connectivity index (χ0v) is 19.8. The number of hydrogen-bond donors (Lipinski definition) is 1. The SMILES string of the molecule is CCCCOc1cccc(C2C(C(=O)C=Cc3ccccc3)=C(O)C(=O)N2c2nnc(C)s2)c1. The van der Waals surface area contributed by atoms with Crippen molar-refractivity contribution in [2.45, 2.75) is 32.7 Å². The van der Waals surface area contributed by atoms with Crippen LogP contribution in [0.5, 0.6) is 5.75 Å². The fourth-order valence-electron chi connectivity index (χ4n) is 3.69. The summed E-state index contributed by atoms with van der Waals surface area (Å²) >= 11 is 1.22. The van der Waals surface area contributed by atoms with Crippen LogP contribution in [-0.4, -0.2) is 33.6 Å². The van der Waals surface area contributed by atoms with Crippen LogP contribution in [0.2, 0.25) is 0 Å². The summed E-state index contributed by atoms with van der Waals surface area (Å²) in [7, 11) is 0. The first-order chi connectivity index (χ1) is 16.5. The number of ether oxygens (including phenoxy) is 1. The molecule has 2 heterocycles. The molecule has 0 bridgehead atoms. The lowest BCUT2D eigenvalue weighted by atomic mass is 9.95. The topological polar surface area (TPSA) is 92.6 Å². The Kier molecular flexibility index (Phi) is 7.18. The molecule has 1 aliphatic rings. The van der Waals surface area contributed by atoms with E-state index < -0.39 is 23.5 Å². The minimum atomic E-state index is -0.859. The van der Waals surface area contributed by atoms with E-state index in [0.29, 0.717) is 28.1 Å². The molecular weight excluding hydrogens is 450 g/mol. The zero-order valence-electron chi connectivity index (χ0n) is 19.0. The lowest BCUT2D eigenvalue weighted by Gasteiger charge is -2.24. The Morgan fingerprint density at radius 1 is 1.18 bits per heavy atom. The molecule has 0 radical (unpaired) electrons. The number of aliphatic hydroxyl groups excluding tert-OH is 1. The van der Waals surface area contributed by atoms with Gasteiger partial charge in [0.2, 0.25) is 5.13 Å². The maximum Gasteiger partial charge on any atom is 0.296 e. The average Bonchev–Trinajstić information content (AvgIpc) is 3.39. The quantitative estimate of drug-likeness (QED) is 0.337. The van der Waals surface area contributed by atoms with Crippen LogP contribution in [0.4, 0.5) is 5.13 Å². The average molecular weight is 476 g/mol. The van der Waals surface area contributed by atoms with Crippen LogP contribution >= 0.6 is 11.3 Å². The van der Waals surface area contributed by atoms with Gasteiger partial charge in [0.15, 0.2) is 11.5 Å². The first-order valence-corrected chi connectivity index (χ1v) is 11.9. The van der Waals surface area contributed by atoms with Crippen molar-refractivity contribution in [3.05, 3.63) is 88.1 Å². The van der Waals surface area contributed by atoms with Crippen molar-refractivity contribution in [2.75, 3.05) is 11.5 Å². The van der Waals surface area contributed by atoms with Gasteiger partial charge in [0.05, 0.1) is 18.2 Å². The van der Waals surface area contributed by atoms with Crippen molar-refractivity contribution >= 4 is 34.2 Å². The number of ketones is 1. The summed E-state index contributed by atoms with van der Waals surface area (Å²) < 4.78 is 5.84. The first kappa shape index (κ1) is 23.4. The normalized spacial score (nSPS) is 16.0. The van der Waals surface area contributed by atoms with Gasteiger partial charge < -0.3 is 9.84 Å². The molecule has 1 aromatic heterocycles. The molecule has 3 aromatic rings. The van der Waals surface area contributed by atoms with Gasteiger partial charge in [-0.2, -0.15) is 0 Å². The Bertz CT molecular complexity index is 1250. The number of carbonyl (C=O) groups is 2. The van der Waals surface area contributed by atoms with Gasteiger partial charge in [-0.15, -0.1) is 10.2 Å². The molecule has 0 aliphatic carbocycles. The Hall–Kier alpha value is -3.78. The van der Waals surface area contributed by atoms with Gasteiger partial charge in [-0.3, -0.25) is 14.5 Å². The Balaban J connectivity index is 1.74. The van der Waals surface area contributed by atoms with Crippen LogP contribution < -0.4 is 9.64 Å². The molecule has 0 spiro atoms. The van der Waals surface area contributed by atoms with Crippen LogP contribution in [0, 0.1) is 6.92 Å². The predicted octanol–water partition coefficient (Wildman–Crippen LogP) is 5.21. The number of carbonyl (C=O) groups excluding carboxylic acids is 2. The van der Waals surface area contributed by atoms with Crippen LogP contribution in [0.1, 0.15) is 41.9 Å². The van der Waals surface area contributed by atoms with E-state index in [1.807, 2.05) is 42.5 Å². The predicted molar refractivity (Wildman–Crippen MR) is 132 cm³/mol. The zero-order chi connectivity index (χ0) is 24.1. The highest BCUT2D eigenvalue weighted by Gasteiger charge is 2.45. The van der Waals surface area contributed by atoms with Gasteiger partial charge in [0, 0.05) is 0 Å². The summed E-state index contributed by atoms with van der Waals surface area (Å²) in [4.78, 5) is 27.7. The van der Waals surface area contributed by atoms with Crippen molar-refractivity contribution in [1.29, 1.82) is 0 Å². The van der Waals surface area contributed by atoms with Crippen LogP contribution in [-0.2, 0) is 9.59 Å². The molecule has 0 saturated heterocycles. The number of hydrogen-bond acceptors (Lipinski definition) is 7. The molecule has 7 nitrogen and oxygen atoms in total. The lowest BCUT2D eigenvalue weighted by molar-refractivity contribution is -0.117. The summed E-state index contributed by atoms with van der Waals surface area (Å²) in [6.07, 6.45) is 4.95. The van der Waals surface area contributed by atoms with E-state index in [2.05, 4.69) is 17.1 Å². The Labute approximate surface area is 202 Å². The van der Waals surface area contributed by atoms with Gasteiger partial charge in [-0.05, 0) is 42.7 Å². The van der Waals surface area contributed by atoms with Crippen LogP contribution in [0.3, 0.4) is 0 Å². The number of aromatic nitrogens is 2. The van der Waals surface area contributed by atoms with Gasteiger partial charge in [-0.25, -0.2) is 0 Å². The van der Waals surface area contributed by atoms with Gasteiger partial charge >= 0.3 is 0 Å². The highest BCUT2D eigenvalue weighted by molar-refractivity contribution is 7.15. The number of aryl methyl sites for hydroxylation is 1. The van der Waals surface area contributed by atoms with Crippen molar-refractivity contribution in [3.8, 4) is 5.75 Å². The monoisotopic (exact) mass is 475 g/mol. The minimum absolute atomic E-state index is 0.00394. The first-order valence-electron chi connectivity index (χ1n) is 11.1.